The van der Waals surface area contributed by atoms with E-state index in [4.69, 9.17) is 5.11 Å². The number of phenolic OH excluding ortho intramolecular Hbond substituents is 1. The van der Waals surface area contributed by atoms with Gasteiger partial charge in [-0.05, 0) is 35.3 Å². The third kappa shape index (κ3) is 3.99. The van der Waals surface area contributed by atoms with E-state index in [0.717, 1.165) is 16.7 Å². The van der Waals surface area contributed by atoms with E-state index in [1.807, 2.05) is 36.4 Å². The van der Waals surface area contributed by atoms with Crippen LogP contribution in [0.2, 0.25) is 0 Å². The number of carboxylic acid groups (broad SMARTS) is 1. The maximum atomic E-state index is 10.8. The summed E-state index contributed by atoms with van der Waals surface area (Å²) in [6.45, 7) is 0. The molecule has 0 amide bonds. The van der Waals surface area contributed by atoms with Gasteiger partial charge in [-0.15, -0.1) is 0 Å². The molecule has 0 saturated heterocycles. The van der Waals surface area contributed by atoms with Crippen molar-refractivity contribution >= 4 is 17.6 Å². The molecule has 0 aliphatic carbocycles. The Morgan fingerprint density at radius 2 is 1.60 bits per heavy atom. The van der Waals surface area contributed by atoms with Crippen molar-refractivity contribution in [3.05, 3.63) is 65.7 Å². The van der Waals surface area contributed by atoms with Crippen LogP contribution in [-0.2, 0) is 4.79 Å². The number of aliphatic carboxylic acids is 1. The Hall–Kier alpha value is -2.55. The van der Waals surface area contributed by atoms with Gasteiger partial charge in [-0.1, -0.05) is 48.5 Å². The molecule has 3 nitrogen and oxygen atoms in total. The molecule has 0 spiro atoms. The van der Waals surface area contributed by atoms with Gasteiger partial charge in [-0.3, -0.25) is 4.79 Å². The second-order valence-electron chi connectivity index (χ2n) is 4.52. The molecule has 0 unspecified atom stereocenters. The molecule has 0 bridgehead atoms. The van der Waals surface area contributed by atoms with Gasteiger partial charge >= 0.3 is 5.97 Å². The molecule has 2 rings (SSSR count). The first-order valence-electron chi connectivity index (χ1n) is 6.42. The Labute approximate surface area is 117 Å². The smallest absolute Gasteiger partial charge is 0.303 e. The van der Waals surface area contributed by atoms with Crippen LogP contribution >= 0.6 is 0 Å². The predicted molar refractivity (Wildman–Crippen MR) is 79.3 cm³/mol. The quantitative estimate of drug-likeness (QED) is 0.811. The zero-order chi connectivity index (χ0) is 14.4. The van der Waals surface area contributed by atoms with E-state index < -0.39 is 5.97 Å². The Morgan fingerprint density at radius 3 is 2.20 bits per heavy atom. The minimum Gasteiger partial charge on any atom is -0.508 e. The van der Waals surface area contributed by atoms with Crippen molar-refractivity contribution in [2.45, 2.75) is 12.8 Å². The highest BCUT2D eigenvalue weighted by Crippen LogP contribution is 2.24. The summed E-state index contributed by atoms with van der Waals surface area (Å²) in [5.74, 6) is -0.617. The molecular formula is C17H16O3. The minimum atomic E-state index is -0.817. The average Bonchev–Trinajstić information content (AvgIpc) is 2.45. The first-order valence-corrected chi connectivity index (χ1v) is 6.42. The fourth-order valence-electron chi connectivity index (χ4n) is 1.97. The van der Waals surface area contributed by atoms with Crippen molar-refractivity contribution in [3.8, 4) is 5.75 Å². The van der Waals surface area contributed by atoms with Gasteiger partial charge in [0, 0.05) is 6.42 Å². The predicted octanol–water partition coefficient (Wildman–Crippen LogP) is 3.80. The molecule has 0 heterocycles. The van der Waals surface area contributed by atoms with Crippen molar-refractivity contribution < 1.29 is 15.0 Å². The number of hydrogen-bond acceptors (Lipinski definition) is 2. The Kier molecular flexibility index (Phi) is 4.56. The fraction of sp³-hybridized carbons (Fsp3) is 0.118. The first-order chi connectivity index (χ1) is 9.65. The van der Waals surface area contributed by atoms with Gasteiger partial charge in [0.05, 0.1) is 0 Å². The summed E-state index contributed by atoms with van der Waals surface area (Å²) >= 11 is 0. The van der Waals surface area contributed by atoms with Crippen LogP contribution in [0.3, 0.4) is 0 Å². The summed E-state index contributed by atoms with van der Waals surface area (Å²) in [4.78, 5) is 10.8. The van der Waals surface area contributed by atoms with Gasteiger partial charge in [0.1, 0.15) is 5.75 Å². The van der Waals surface area contributed by atoms with E-state index >= 15 is 0 Å². The van der Waals surface area contributed by atoms with Gasteiger partial charge in [-0.2, -0.15) is 0 Å². The molecule has 0 aliphatic rings. The summed E-state index contributed by atoms with van der Waals surface area (Å²) in [6, 6.07) is 16.6. The van der Waals surface area contributed by atoms with Gasteiger partial charge in [0.25, 0.3) is 0 Å². The van der Waals surface area contributed by atoms with E-state index in [0.29, 0.717) is 6.42 Å². The molecule has 0 atom stereocenters. The van der Waals surface area contributed by atoms with E-state index in [2.05, 4.69) is 0 Å². The lowest BCUT2D eigenvalue weighted by molar-refractivity contribution is -0.136. The lowest BCUT2D eigenvalue weighted by Crippen LogP contribution is -1.95. The van der Waals surface area contributed by atoms with Crippen molar-refractivity contribution in [2.75, 3.05) is 0 Å². The molecule has 2 N–H and O–H groups in total. The van der Waals surface area contributed by atoms with Crippen LogP contribution in [0.15, 0.2) is 54.6 Å². The fourth-order valence-corrected chi connectivity index (χ4v) is 1.97. The van der Waals surface area contributed by atoms with Crippen LogP contribution in [0.25, 0.3) is 11.6 Å². The van der Waals surface area contributed by atoms with Crippen molar-refractivity contribution in [1.29, 1.82) is 0 Å². The molecule has 102 valence electrons. The van der Waals surface area contributed by atoms with Gasteiger partial charge in [-0.25, -0.2) is 0 Å². The number of hydrogen-bond donors (Lipinski definition) is 2. The molecule has 20 heavy (non-hydrogen) atoms. The SMILES string of the molecule is O=C(O)CC/C(=C\c1ccccc1)c1ccc(O)cc1. The topological polar surface area (TPSA) is 57.5 Å². The van der Waals surface area contributed by atoms with E-state index in [9.17, 15) is 9.90 Å². The lowest BCUT2D eigenvalue weighted by Gasteiger charge is -2.07. The maximum absolute atomic E-state index is 10.8. The van der Waals surface area contributed by atoms with Crippen LogP contribution in [0.5, 0.6) is 5.75 Å². The molecule has 0 saturated carbocycles. The monoisotopic (exact) mass is 268 g/mol. The second kappa shape index (κ2) is 6.57. The van der Waals surface area contributed by atoms with Crippen LogP contribution in [0.1, 0.15) is 24.0 Å². The van der Waals surface area contributed by atoms with Crippen LogP contribution in [0.4, 0.5) is 0 Å². The zero-order valence-corrected chi connectivity index (χ0v) is 11.0. The molecule has 3 heteroatoms. The average molecular weight is 268 g/mol. The number of aromatic hydroxyl groups is 1. The maximum Gasteiger partial charge on any atom is 0.303 e. The van der Waals surface area contributed by atoms with E-state index in [-0.39, 0.29) is 12.2 Å². The van der Waals surface area contributed by atoms with Crippen LogP contribution in [-0.4, -0.2) is 16.2 Å². The third-order valence-corrected chi connectivity index (χ3v) is 2.99. The number of carbonyl (C=O) groups is 1. The van der Waals surface area contributed by atoms with Gasteiger partial charge < -0.3 is 10.2 Å². The Balaban J connectivity index is 2.31. The van der Waals surface area contributed by atoms with Gasteiger partial charge in [0.15, 0.2) is 0 Å². The lowest BCUT2D eigenvalue weighted by atomic mass is 9.98. The molecule has 0 aromatic heterocycles. The third-order valence-electron chi connectivity index (χ3n) is 2.99. The van der Waals surface area contributed by atoms with Crippen molar-refractivity contribution in [3.63, 3.8) is 0 Å². The summed E-state index contributed by atoms with van der Waals surface area (Å²) in [7, 11) is 0. The first kappa shape index (κ1) is 13.9. The largest absolute Gasteiger partial charge is 0.508 e. The minimum absolute atomic E-state index is 0.0829. The zero-order valence-electron chi connectivity index (χ0n) is 11.0. The molecule has 0 radical (unpaired) electrons. The van der Waals surface area contributed by atoms with E-state index in [1.165, 1.54) is 0 Å². The summed E-state index contributed by atoms with van der Waals surface area (Å²) in [5, 5.41) is 18.2. The molecular weight excluding hydrogens is 252 g/mol. The van der Waals surface area contributed by atoms with Gasteiger partial charge in [0.2, 0.25) is 0 Å². The normalized spacial score (nSPS) is 11.3. The number of carboxylic acids is 1. The molecule has 0 aliphatic heterocycles. The number of benzene rings is 2. The molecule has 2 aromatic rings. The number of allylic oxidation sites excluding steroid dienone is 1. The summed E-state index contributed by atoms with van der Waals surface area (Å²) < 4.78 is 0. The van der Waals surface area contributed by atoms with Crippen LogP contribution < -0.4 is 0 Å². The molecule has 0 fully saturated rings. The van der Waals surface area contributed by atoms with Crippen molar-refractivity contribution in [2.24, 2.45) is 0 Å². The van der Waals surface area contributed by atoms with Crippen molar-refractivity contribution in [1.82, 2.24) is 0 Å². The van der Waals surface area contributed by atoms with Crippen LogP contribution in [0, 0.1) is 0 Å². The molecule has 2 aromatic carbocycles. The summed E-state index contributed by atoms with van der Waals surface area (Å²) in [5.41, 5.74) is 2.90. The summed E-state index contributed by atoms with van der Waals surface area (Å²) in [6.07, 6.45) is 2.52. The highest BCUT2D eigenvalue weighted by atomic mass is 16.4. The highest BCUT2D eigenvalue weighted by Gasteiger charge is 2.05. The number of rotatable bonds is 5. The second-order valence-corrected chi connectivity index (χ2v) is 4.52. The highest BCUT2D eigenvalue weighted by molar-refractivity contribution is 5.83. The van der Waals surface area contributed by atoms with E-state index in [1.54, 1.807) is 24.3 Å². The number of phenols is 1. The Morgan fingerprint density at radius 1 is 0.950 bits per heavy atom. The Bertz CT molecular complexity index is 598. The standard InChI is InChI=1S/C17H16O3/c18-16-9-6-14(7-10-16)15(8-11-17(19)20)12-13-4-2-1-3-5-13/h1-7,9-10,12,18H,8,11H2,(H,19,20)/b15-12+.